The van der Waals surface area contributed by atoms with E-state index in [0.717, 1.165) is 57.2 Å². The SMILES string of the molecule is CCN(CCOc1ccc(C(=O)c2c(-c3ccc(O)cc3)sc3cc(O)ccc23)cc1)CCC(C)(C)OCC(C)(C)NSc1ccc(Nc2ncc(Br)c(Nc3cccc(F)c3C(N)=O)n2)cc1. The van der Waals surface area contributed by atoms with Crippen molar-refractivity contribution in [3.05, 3.63) is 142 Å². The van der Waals surface area contributed by atoms with Crippen LogP contribution < -0.4 is 25.8 Å². The van der Waals surface area contributed by atoms with Crippen molar-refractivity contribution in [3.8, 4) is 27.7 Å². The molecule has 0 unspecified atom stereocenters. The molecule has 0 fully saturated rings. The predicted molar refractivity (Wildman–Crippen MR) is 273 cm³/mol. The van der Waals surface area contributed by atoms with Crippen LogP contribution in [0.3, 0.4) is 0 Å². The Balaban J connectivity index is 0.848. The summed E-state index contributed by atoms with van der Waals surface area (Å²) in [5.41, 5.74) is 7.24. The topological polar surface area (TPSA) is 184 Å². The van der Waals surface area contributed by atoms with Crippen molar-refractivity contribution in [1.82, 2.24) is 19.6 Å². The second-order valence-electron chi connectivity index (χ2n) is 17.2. The molecular formula is C51H53BrFN7O6S2. The molecule has 0 saturated heterocycles. The zero-order chi connectivity index (χ0) is 48.6. The van der Waals surface area contributed by atoms with Crippen LogP contribution in [0.25, 0.3) is 20.5 Å². The number of thiophene rings is 1. The molecule has 7 N–H and O–H groups in total. The average Bonchev–Trinajstić information content (AvgIpc) is 3.69. The molecule has 0 saturated carbocycles. The summed E-state index contributed by atoms with van der Waals surface area (Å²) in [4.78, 5) is 38.8. The smallest absolute Gasteiger partial charge is 0.253 e. The van der Waals surface area contributed by atoms with Gasteiger partial charge >= 0.3 is 0 Å². The molecule has 0 radical (unpaired) electrons. The number of benzene rings is 5. The number of aromatic nitrogens is 2. The number of hydrogen-bond acceptors (Lipinski definition) is 14. The fraction of sp³-hybridized carbons (Fsp3) is 0.255. The van der Waals surface area contributed by atoms with Crippen LogP contribution in [-0.4, -0.2) is 80.8 Å². The number of nitrogens with zero attached hydrogens (tertiary/aromatic N) is 3. The van der Waals surface area contributed by atoms with Gasteiger partial charge in [0, 0.05) is 61.5 Å². The van der Waals surface area contributed by atoms with Gasteiger partial charge < -0.3 is 41.0 Å². The van der Waals surface area contributed by atoms with Crippen LogP contribution in [-0.2, 0) is 4.74 Å². The first kappa shape index (κ1) is 49.8. The van der Waals surface area contributed by atoms with E-state index in [4.69, 9.17) is 15.2 Å². The normalized spacial score (nSPS) is 11.8. The first-order valence-electron chi connectivity index (χ1n) is 21.9. The maximum absolute atomic E-state index is 14.3. The Morgan fingerprint density at radius 1 is 0.897 bits per heavy atom. The highest BCUT2D eigenvalue weighted by atomic mass is 79.9. The summed E-state index contributed by atoms with van der Waals surface area (Å²) in [6, 6.07) is 30.9. The lowest BCUT2D eigenvalue weighted by atomic mass is 9.97. The lowest BCUT2D eigenvalue weighted by Crippen LogP contribution is -2.43. The fourth-order valence-corrected chi connectivity index (χ4v) is 9.31. The monoisotopic (exact) mass is 1020 g/mol. The van der Waals surface area contributed by atoms with Gasteiger partial charge in [-0.1, -0.05) is 13.0 Å². The van der Waals surface area contributed by atoms with Crippen molar-refractivity contribution in [1.29, 1.82) is 0 Å². The summed E-state index contributed by atoms with van der Waals surface area (Å²) in [7, 11) is 0. The van der Waals surface area contributed by atoms with E-state index in [9.17, 15) is 24.2 Å². The number of fused-ring (bicyclic) bond motifs is 1. The first-order valence-corrected chi connectivity index (χ1v) is 24.3. The van der Waals surface area contributed by atoms with Crippen molar-refractivity contribution in [3.63, 3.8) is 0 Å². The zero-order valence-electron chi connectivity index (χ0n) is 38.2. The van der Waals surface area contributed by atoms with Gasteiger partial charge in [-0.25, -0.2) is 9.37 Å². The maximum atomic E-state index is 14.3. The molecule has 7 rings (SSSR count). The maximum Gasteiger partial charge on any atom is 0.253 e. The Hall–Kier alpha value is -6.08. The Bertz CT molecular complexity index is 2880. The van der Waals surface area contributed by atoms with E-state index in [-0.39, 0.29) is 45.6 Å². The molecule has 7 aromatic rings. The van der Waals surface area contributed by atoms with Gasteiger partial charge in [0.15, 0.2) is 5.78 Å². The number of primary amides is 1. The molecule has 13 nitrogen and oxygen atoms in total. The number of phenols is 2. The number of carbonyl (C=O) groups is 2. The highest BCUT2D eigenvalue weighted by Crippen LogP contribution is 2.42. The summed E-state index contributed by atoms with van der Waals surface area (Å²) in [6.45, 7) is 13.9. The van der Waals surface area contributed by atoms with Crippen LogP contribution in [0.4, 0.5) is 27.5 Å². The molecule has 5 aromatic carbocycles. The Kier molecular flexibility index (Phi) is 16.0. The number of phenolic OH excluding ortho intramolecular Hbond substituents is 2. The van der Waals surface area contributed by atoms with Crippen molar-refractivity contribution in [2.45, 2.75) is 57.1 Å². The van der Waals surface area contributed by atoms with E-state index >= 15 is 0 Å². The number of rotatable bonds is 22. The van der Waals surface area contributed by atoms with Crippen molar-refractivity contribution in [2.75, 3.05) is 43.5 Å². The van der Waals surface area contributed by atoms with Gasteiger partial charge in [-0.2, -0.15) is 4.98 Å². The molecule has 2 heterocycles. The van der Waals surface area contributed by atoms with Crippen molar-refractivity contribution < 1.29 is 33.7 Å². The van der Waals surface area contributed by atoms with Gasteiger partial charge in [0.2, 0.25) is 5.95 Å². The minimum Gasteiger partial charge on any atom is -0.508 e. The van der Waals surface area contributed by atoms with Crippen LogP contribution in [0.5, 0.6) is 17.2 Å². The summed E-state index contributed by atoms with van der Waals surface area (Å²) < 4.78 is 31.8. The van der Waals surface area contributed by atoms with Crippen LogP contribution in [0, 0.1) is 5.82 Å². The van der Waals surface area contributed by atoms with E-state index in [1.54, 1.807) is 66.9 Å². The van der Waals surface area contributed by atoms with Crippen LogP contribution in [0.15, 0.2) is 125 Å². The van der Waals surface area contributed by atoms with E-state index in [2.05, 4.69) is 80.8 Å². The minimum atomic E-state index is -0.897. The molecule has 0 aliphatic heterocycles. The Morgan fingerprint density at radius 2 is 1.62 bits per heavy atom. The zero-order valence-corrected chi connectivity index (χ0v) is 41.5. The van der Waals surface area contributed by atoms with Crippen LogP contribution in [0.1, 0.15) is 67.3 Å². The summed E-state index contributed by atoms with van der Waals surface area (Å²) in [6.07, 6.45) is 2.36. The fourth-order valence-electron chi connectivity index (χ4n) is 7.05. The van der Waals surface area contributed by atoms with Crippen molar-refractivity contribution in [2.24, 2.45) is 5.73 Å². The largest absolute Gasteiger partial charge is 0.508 e. The standard InChI is InChI=1S/C51H53BrFN7O6S2/c1-6-60(26-27-65-36-19-12-31(13-20-36)45(63)43-38-23-18-35(62)28-42(38)67-46(43)32-10-16-34(61)17-11-32)25-24-51(4,5)66-30-50(2,3)59-68-37-21-14-33(15-22-37)56-49-55-29-39(52)48(58-49)57-41-9-7-8-40(53)44(41)47(54)64/h7-23,28-29,59,61-62H,6,24-27,30H2,1-5H3,(H2,54,64)(H2,55,56,57,58). The second kappa shape index (κ2) is 21.9. The number of carbonyl (C=O) groups excluding carboxylic acids is 2. The van der Waals surface area contributed by atoms with Gasteiger partial charge in [-0.3, -0.25) is 14.3 Å². The third-order valence-electron chi connectivity index (χ3n) is 10.9. The number of nitrogens with one attached hydrogen (secondary N) is 3. The number of ether oxygens (including phenoxy) is 2. The molecule has 68 heavy (non-hydrogen) atoms. The lowest BCUT2D eigenvalue weighted by molar-refractivity contribution is -0.0482. The molecular weight excluding hydrogens is 970 g/mol. The third kappa shape index (κ3) is 12.9. The van der Waals surface area contributed by atoms with Gasteiger partial charge in [-0.15, -0.1) is 11.3 Å². The molecule has 0 atom stereocenters. The summed E-state index contributed by atoms with van der Waals surface area (Å²) >= 11 is 6.34. The molecule has 0 spiro atoms. The highest BCUT2D eigenvalue weighted by molar-refractivity contribution is 9.10. The number of ketones is 1. The highest BCUT2D eigenvalue weighted by Gasteiger charge is 2.26. The van der Waals surface area contributed by atoms with E-state index in [0.29, 0.717) is 40.4 Å². The second-order valence-corrected chi connectivity index (χ2v) is 20.0. The lowest BCUT2D eigenvalue weighted by Gasteiger charge is -2.33. The molecule has 0 aliphatic rings. The number of halogens is 2. The predicted octanol–water partition coefficient (Wildman–Crippen LogP) is 11.4. The van der Waals surface area contributed by atoms with Crippen LogP contribution in [0.2, 0.25) is 0 Å². The van der Waals surface area contributed by atoms with Gasteiger partial charge in [0.1, 0.15) is 35.5 Å². The van der Waals surface area contributed by atoms with Crippen molar-refractivity contribution >= 4 is 84.1 Å². The number of aromatic hydroxyl groups is 2. The molecule has 1 amide bonds. The number of hydrogen-bond donors (Lipinski definition) is 6. The Morgan fingerprint density at radius 3 is 2.32 bits per heavy atom. The minimum absolute atomic E-state index is 0.131. The first-order chi connectivity index (χ1) is 32.5. The van der Waals surface area contributed by atoms with Crippen LogP contribution >= 0.6 is 39.2 Å². The molecule has 0 bridgehead atoms. The summed E-state index contributed by atoms with van der Waals surface area (Å²) in [5.74, 6) is -0.211. The number of anilines is 4. The number of likely N-dealkylation sites (N-methyl/N-ethyl adjacent to an activating group) is 1. The number of nitrogens with two attached hydrogens (primary N) is 1. The quantitative estimate of drug-likeness (QED) is 0.0279. The number of amides is 1. The summed E-state index contributed by atoms with van der Waals surface area (Å²) in [5, 5.41) is 26.9. The van der Waals surface area contributed by atoms with Gasteiger partial charge in [0.25, 0.3) is 5.91 Å². The van der Waals surface area contributed by atoms with E-state index in [1.165, 1.54) is 35.4 Å². The van der Waals surface area contributed by atoms with E-state index < -0.39 is 11.7 Å². The molecule has 2 aromatic heterocycles. The van der Waals surface area contributed by atoms with Gasteiger partial charge in [0.05, 0.1) is 27.9 Å². The molecule has 354 valence electrons. The van der Waals surface area contributed by atoms with Gasteiger partial charge in [-0.05, 0) is 177 Å². The molecule has 0 aliphatic carbocycles. The third-order valence-corrected chi connectivity index (χ3v) is 13.9. The average molecular weight is 1020 g/mol. The van der Waals surface area contributed by atoms with E-state index in [1.807, 2.05) is 36.4 Å². The Labute approximate surface area is 411 Å². The molecule has 17 heteroatoms.